The summed E-state index contributed by atoms with van der Waals surface area (Å²) < 4.78 is 6.68. The smallest absolute Gasteiger partial charge is 0.407 e. The number of benzene rings is 1. The molecular weight excluding hydrogens is 312 g/mol. The van der Waals surface area contributed by atoms with E-state index in [1.54, 1.807) is 20.8 Å². The van der Waals surface area contributed by atoms with E-state index in [4.69, 9.17) is 4.74 Å². The molecule has 128 valence electrons. The number of nitro groups is 1. The van der Waals surface area contributed by atoms with Crippen LogP contribution in [0.4, 0.5) is 10.5 Å². The van der Waals surface area contributed by atoms with Gasteiger partial charge in [0, 0.05) is 6.54 Å². The number of ether oxygens (including phenoxy) is 1. The predicted molar refractivity (Wildman–Crippen MR) is 87.7 cm³/mol. The number of nitrogens with one attached hydrogen (secondary N) is 1. The normalized spacial score (nSPS) is 12.5. The Morgan fingerprint density at radius 1 is 1.38 bits per heavy atom. The third-order valence-electron chi connectivity index (χ3n) is 3.14. The average molecular weight is 332 g/mol. The van der Waals surface area contributed by atoms with Crippen molar-refractivity contribution in [3.63, 3.8) is 0 Å². The van der Waals surface area contributed by atoms with Crippen LogP contribution < -0.4 is 5.32 Å². The van der Waals surface area contributed by atoms with Crippen molar-refractivity contribution >= 4 is 11.8 Å². The van der Waals surface area contributed by atoms with Crippen molar-refractivity contribution in [1.29, 1.82) is 0 Å². The van der Waals surface area contributed by atoms with Crippen LogP contribution >= 0.6 is 0 Å². The lowest BCUT2D eigenvalue weighted by Gasteiger charge is -2.22. The van der Waals surface area contributed by atoms with E-state index in [9.17, 15) is 14.9 Å². The second-order valence-corrected chi connectivity index (χ2v) is 6.24. The molecule has 0 spiro atoms. The lowest BCUT2D eigenvalue weighted by molar-refractivity contribution is -0.385. The van der Waals surface area contributed by atoms with E-state index < -0.39 is 16.6 Å². The van der Waals surface area contributed by atoms with Gasteiger partial charge in [0.05, 0.1) is 11.0 Å². The number of alkyl carbamates (subject to hydrolysis) is 1. The number of nitrogens with zero attached hydrogens (tertiary/aromatic N) is 3. The van der Waals surface area contributed by atoms with Crippen LogP contribution in [0.25, 0.3) is 0 Å². The molecule has 2 aromatic rings. The van der Waals surface area contributed by atoms with Crippen LogP contribution in [0.15, 0.2) is 42.7 Å². The molecule has 0 bridgehead atoms. The van der Waals surface area contributed by atoms with E-state index in [0.29, 0.717) is 0 Å². The fourth-order valence-corrected chi connectivity index (χ4v) is 2.13. The molecule has 1 atom stereocenters. The van der Waals surface area contributed by atoms with E-state index in [0.717, 1.165) is 5.56 Å². The molecule has 1 aromatic heterocycles. The first-order valence-corrected chi connectivity index (χ1v) is 7.46. The van der Waals surface area contributed by atoms with Gasteiger partial charge in [-0.2, -0.15) is 5.10 Å². The molecule has 0 radical (unpaired) electrons. The maximum atomic E-state index is 11.9. The maximum Gasteiger partial charge on any atom is 0.407 e. The van der Waals surface area contributed by atoms with Gasteiger partial charge in [-0.3, -0.25) is 14.8 Å². The number of hydrogen-bond acceptors (Lipinski definition) is 5. The lowest BCUT2D eigenvalue weighted by atomic mass is 10.1. The van der Waals surface area contributed by atoms with Crippen molar-refractivity contribution < 1.29 is 14.5 Å². The Morgan fingerprint density at radius 3 is 2.58 bits per heavy atom. The largest absolute Gasteiger partial charge is 0.444 e. The quantitative estimate of drug-likeness (QED) is 0.670. The molecule has 0 saturated heterocycles. The van der Waals surface area contributed by atoms with Gasteiger partial charge < -0.3 is 10.1 Å². The second-order valence-electron chi connectivity index (χ2n) is 6.24. The third-order valence-corrected chi connectivity index (χ3v) is 3.14. The lowest BCUT2D eigenvalue weighted by Crippen LogP contribution is -2.36. The minimum atomic E-state index is -0.600. The Hall–Kier alpha value is -2.90. The van der Waals surface area contributed by atoms with Crippen molar-refractivity contribution in [2.24, 2.45) is 0 Å². The summed E-state index contributed by atoms with van der Waals surface area (Å²) in [5, 5.41) is 17.6. The van der Waals surface area contributed by atoms with Gasteiger partial charge in [-0.25, -0.2) is 4.79 Å². The second kappa shape index (κ2) is 7.12. The molecule has 8 heteroatoms. The van der Waals surface area contributed by atoms with Crippen LogP contribution in [0, 0.1) is 10.1 Å². The molecule has 0 saturated carbocycles. The topological polar surface area (TPSA) is 99.3 Å². The summed E-state index contributed by atoms with van der Waals surface area (Å²) >= 11 is 0. The molecule has 1 unspecified atom stereocenters. The SMILES string of the molecule is CC(C)(C)OC(=O)NCC(c1ccccc1)n1cc([N+](=O)[O-])cn1. The molecule has 0 aliphatic rings. The van der Waals surface area contributed by atoms with Gasteiger partial charge in [0.15, 0.2) is 0 Å². The van der Waals surface area contributed by atoms with E-state index in [2.05, 4.69) is 10.4 Å². The standard InChI is InChI=1S/C16H20N4O4/c1-16(2,3)24-15(21)17-10-14(12-7-5-4-6-8-12)19-11-13(9-18-19)20(22)23/h4-9,11,14H,10H2,1-3H3,(H,17,21). The number of aromatic nitrogens is 2. The Kier molecular flexibility index (Phi) is 5.18. The zero-order valence-electron chi connectivity index (χ0n) is 13.8. The highest BCUT2D eigenvalue weighted by atomic mass is 16.6. The molecule has 1 heterocycles. The highest BCUT2D eigenvalue weighted by Crippen LogP contribution is 2.20. The zero-order valence-corrected chi connectivity index (χ0v) is 13.8. The summed E-state index contributed by atoms with van der Waals surface area (Å²) in [6.45, 7) is 5.52. The highest BCUT2D eigenvalue weighted by Gasteiger charge is 2.21. The molecule has 1 amide bonds. The molecule has 2 rings (SSSR count). The minimum absolute atomic E-state index is 0.104. The Morgan fingerprint density at radius 2 is 2.04 bits per heavy atom. The monoisotopic (exact) mass is 332 g/mol. The van der Waals surface area contributed by atoms with Crippen LogP contribution in [0.2, 0.25) is 0 Å². The number of carbonyl (C=O) groups excluding carboxylic acids is 1. The van der Waals surface area contributed by atoms with E-state index >= 15 is 0 Å². The first kappa shape index (κ1) is 17.5. The van der Waals surface area contributed by atoms with Crippen molar-refractivity contribution in [2.75, 3.05) is 6.54 Å². The predicted octanol–water partition coefficient (Wildman–Crippen LogP) is 2.91. The summed E-state index contributed by atoms with van der Waals surface area (Å²) in [6, 6.07) is 8.94. The number of carbonyl (C=O) groups is 1. The molecule has 8 nitrogen and oxygen atoms in total. The van der Waals surface area contributed by atoms with Crippen LogP contribution in [0.3, 0.4) is 0 Å². The molecule has 1 aromatic carbocycles. The minimum Gasteiger partial charge on any atom is -0.444 e. The molecule has 0 aliphatic heterocycles. The van der Waals surface area contributed by atoms with Crippen molar-refractivity contribution in [3.8, 4) is 0 Å². The first-order chi connectivity index (χ1) is 11.3. The number of hydrogen-bond donors (Lipinski definition) is 1. The van der Waals surface area contributed by atoms with Gasteiger partial charge in [-0.1, -0.05) is 30.3 Å². The van der Waals surface area contributed by atoms with Crippen molar-refractivity contribution in [2.45, 2.75) is 32.4 Å². The van der Waals surface area contributed by atoms with Gasteiger partial charge >= 0.3 is 11.8 Å². The van der Waals surface area contributed by atoms with Gasteiger partial charge in [0.2, 0.25) is 0 Å². The number of amides is 1. The zero-order chi connectivity index (χ0) is 17.7. The van der Waals surface area contributed by atoms with Crippen LogP contribution in [-0.2, 0) is 4.74 Å². The molecule has 24 heavy (non-hydrogen) atoms. The van der Waals surface area contributed by atoms with Gasteiger partial charge in [-0.15, -0.1) is 0 Å². The van der Waals surface area contributed by atoms with Crippen molar-refractivity contribution in [1.82, 2.24) is 15.1 Å². The summed E-state index contributed by atoms with van der Waals surface area (Å²) in [4.78, 5) is 22.2. The highest BCUT2D eigenvalue weighted by molar-refractivity contribution is 5.67. The van der Waals surface area contributed by atoms with Gasteiger partial charge in [-0.05, 0) is 26.3 Å². The summed E-state index contributed by atoms with van der Waals surface area (Å²) in [5.74, 6) is 0. The molecule has 0 fully saturated rings. The van der Waals surface area contributed by atoms with E-state index in [1.807, 2.05) is 30.3 Å². The van der Waals surface area contributed by atoms with Crippen LogP contribution in [0.1, 0.15) is 32.4 Å². The Balaban J connectivity index is 2.18. The number of rotatable bonds is 5. The fourth-order valence-electron chi connectivity index (χ4n) is 2.13. The Bertz CT molecular complexity index is 706. The van der Waals surface area contributed by atoms with Crippen molar-refractivity contribution in [3.05, 3.63) is 58.4 Å². The maximum absolute atomic E-state index is 11.9. The third kappa shape index (κ3) is 4.80. The summed E-state index contributed by atoms with van der Waals surface area (Å²) in [7, 11) is 0. The molecule has 0 aliphatic carbocycles. The fraction of sp³-hybridized carbons (Fsp3) is 0.375. The van der Waals surface area contributed by atoms with Crippen LogP contribution in [-0.4, -0.2) is 32.9 Å². The molecular formula is C16H20N4O4. The summed E-state index contributed by atoms with van der Waals surface area (Å²) in [6.07, 6.45) is 1.97. The Labute approximate surface area is 139 Å². The van der Waals surface area contributed by atoms with E-state index in [-0.39, 0.29) is 18.3 Å². The first-order valence-electron chi connectivity index (χ1n) is 7.46. The average Bonchev–Trinajstić information content (AvgIpc) is 2.96. The van der Waals surface area contributed by atoms with Crippen LogP contribution in [0.5, 0.6) is 0 Å². The van der Waals surface area contributed by atoms with Gasteiger partial charge in [0.25, 0.3) is 0 Å². The van der Waals surface area contributed by atoms with Gasteiger partial charge in [0.1, 0.15) is 18.0 Å². The summed E-state index contributed by atoms with van der Waals surface area (Å²) in [5.41, 5.74) is 0.163. The van der Waals surface area contributed by atoms with E-state index in [1.165, 1.54) is 17.1 Å². The molecule has 1 N–H and O–H groups in total.